The Balaban J connectivity index is 2.50. The minimum atomic E-state index is -0.611. The number of allylic oxidation sites excluding steroid dienone is 1. The summed E-state index contributed by atoms with van der Waals surface area (Å²) >= 11 is 0.215. The molecule has 0 fully saturated rings. The summed E-state index contributed by atoms with van der Waals surface area (Å²) in [5, 5.41) is 17.0. The summed E-state index contributed by atoms with van der Waals surface area (Å²) in [6, 6.07) is 13.8. The fourth-order valence-corrected chi connectivity index (χ4v) is 2.29. The Bertz CT molecular complexity index is 370. The first-order chi connectivity index (χ1) is 6.86. The van der Waals surface area contributed by atoms with Crippen LogP contribution in [0.1, 0.15) is 0 Å². The summed E-state index contributed by atoms with van der Waals surface area (Å²) in [5.41, 5.74) is 0. The van der Waals surface area contributed by atoms with Crippen LogP contribution < -0.4 is 4.46 Å². The van der Waals surface area contributed by atoms with Crippen molar-refractivity contribution in [2.45, 2.75) is 0 Å². The Hall–Kier alpha value is -1.54. The van der Waals surface area contributed by atoms with Crippen molar-refractivity contribution in [2.75, 3.05) is 0 Å². The summed E-state index contributed by atoms with van der Waals surface area (Å²) in [7, 11) is 0. The van der Waals surface area contributed by atoms with E-state index in [2.05, 4.69) is 0 Å². The molecule has 1 aromatic carbocycles. The van der Waals surface area contributed by atoms with E-state index in [1.807, 2.05) is 47.4 Å². The number of hydrogen-bond acceptors (Lipinski definition) is 2. The van der Waals surface area contributed by atoms with E-state index in [0.717, 1.165) is 0 Å². The molecule has 0 aliphatic rings. The van der Waals surface area contributed by atoms with Crippen LogP contribution in [0.3, 0.4) is 0 Å². The van der Waals surface area contributed by atoms with Crippen molar-refractivity contribution in [1.29, 1.82) is 10.5 Å². The van der Waals surface area contributed by atoms with Gasteiger partial charge in [0.2, 0.25) is 0 Å². The Kier molecular flexibility index (Phi) is 4.51. The topological polar surface area (TPSA) is 47.6 Å². The molecule has 14 heavy (non-hydrogen) atoms. The molecule has 0 spiro atoms. The molecule has 0 N–H and O–H groups in total. The fraction of sp³-hybridized carbons (Fsp3) is 0.0909. The first-order valence-corrected chi connectivity index (χ1v) is 5.89. The van der Waals surface area contributed by atoms with Gasteiger partial charge in [-0.05, 0) is 0 Å². The van der Waals surface area contributed by atoms with E-state index in [9.17, 15) is 0 Å². The first kappa shape index (κ1) is 10.5. The van der Waals surface area contributed by atoms with Gasteiger partial charge in [-0.15, -0.1) is 0 Å². The Morgan fingerprint density at radius 3 is 2.36 bits per heavy atom. The molecule has 0 saturated heterocycles. The van der Waals surface area contributed by atoms with Crippen molar-refractivity contribution in [2.24, 2.45) is 5.92 Å². The zero-order chi connectivity index (χ0) is 10.2. The molecule has 0 aliphatic carbocycles. The van der Waals surface area contributed by atoms with Gasteiger partial charge < -0.3 is 0 Å². The SMILES string of the molecule is N#CC(C#N)C=C[Se]c1ccccc1. The molecule has 0 aliphatic heterocycles. The van der Waals surface area contributed by atoms with E-state index in [1.54, 1.807) is 6.08 Å². The van der Waals surface area contributed by atoms with Crippen molar-refractivity contribution in [3.8, 4) is 12.1 Å². The van der Waals surface area contributed by atoms with E-state index in [-0.39, 0.29) is 15.0 Å². The summed E-state index contributed by atoms with van der Waals surface area (Å²) in [6.45, 7) is 0. The molecule has 2 nitrogen and oxygen atoms in total. The number of nitriles is 2. The first-order valence-electron chi connectivity index (χ1n) is 4.04. The number of nitrogens with zero attached hydrogens (tertiary/aromatic N) is 2. The molecule has 0 heterocycles. The average Bonchev–Trinajstić information content (AvgIpc) is 2.26. The monoisotopic (exact) mass is 248 g/mol. The van der Waals surface area contributed by atoms with Gasteiger partial charge >= 0.3 is 89.4 Å². The van der Waals surface area contributed by atoms with E-state index < -0.39 is 5.92 Å². The number of rotatable bonds is 3. The van der Waals surface area contributed by atoms with E-state index in [4.69, 9.17) is 10.5 Å². The van der Waals surface area contributed by atoms with Gasteiger partial charge in [0.1, 0.15) is 0 Å². The molecule has 0 aromatic heterocycles. The normalized spacial score (nSPS) is 9.93. The maximum atomic E-state index is 8.51. The van der Waals surface area contributed by atoms with Crippen molar-refractivity contribution in [3.05, 3.63) is 41.4 Å². The Labute approximate surface area is 89.6 Å². The van der Waals surface area contributed by atoms with Crippen LogP contribution in [0, 0.1) is 28.6 Å². The van der Waals surface area contributed by atoms with Crippen molar-refractivity contribution >= 4 is 19.4 Å². The van der Waals surface area contributed by atoms with E-state index in [1.165, 1.54) is 4.46 Å². The van der Waals surface area contributed by atoms with Gasteiger partial charge in [-0.1, -0.05) is 0 Å². The second-order valence-corrected chi connectivity index (χ2v) is 4.55. The summed E-state index contributed by atoms with van der Waals surface area (Å²) in [5.74, 6) is -0.611. The third-order valence-corrected chi connectivity index (χ3v) is 3.25. The van der Waals surface area contributed by atoms with Gasteiger partial charge in [0.25, 0.3) is 0 Å². The molecule has 0 atom stereocenters. The number of hydrogen-bond donors (Lipinski definition) is 0. The predicted molar refractivity (Wildman–Crippen MR) is 55.7 cm³/mol. The summed E-state index contributed by atoms with van der Waals surface area (Å²) in [6.07, 6.45) is 1.66. The molecule has 0 bridgehead atoms. The van der Waals surface area contributed by atoms with Crippen LogP contribution in [-0.2, 0) is 0 Å². The molecule has 0 unspecified atom stereocenters. The van der Waals surface area contributed by atoms with Crippen LogP contribution in [-0.4, -0.2) is 15.0 Å². The standard InChI is InChI=1S/C11H8N2Se/c12-8-10(9-13)6-7-14-11-4-2-1-3-5-11/h1-7,10H. The fourth-order valence-electron chi connectivity index (χ4n) is 0.810. The van der Waals surface area contributed by atoms with Gasteiger partial charge in [-0.3, -0.25) is 0 Å². The van der Waals surface area contributed by atoms with E-state index >= 15 is 0 Å². The molecular weight excluding hydrogens is 239 g/mol. The molecule has 3 heteroatoms. The summed E-state index contributed by atoms with van der Waals surface area (Å²) < 4.78 is 1.24. The van der Waals surface area contributed by atoms with Gasteiger partial charge in [0.05, 0.1) is 0 Å². The van der Waals surface area contributed by atoms with Crippen LogP contribution in [0.25, 0.3) is 0 Å². The van der Waals surface area contributed by atoms with Crippen LogP contribution >= 0.6 is 0 Å². The molecule has 0 radical (unpaired) electrons. The van der Waals surface area contributed by atoms with Gasteiger partial charge in [-0.2, -0.15) is 0 Å². The van der Waals surface area contributed by atoms with Crippen molar-refractivity contribution < 1.29 is 0 Å². The van der Waals surface area contributed by atoms with E-state index in [0.29, 0.717) is 0 Å². The van der Waals surface area contributed by atoms with Gasteiger partial charge in [0, 0.05) is 0 Å². The third-order valence-electron chi connectivity index (χ3n) is 1.50. The molecule has 1 aromatic rings. The maximum absolute atomic E-state index is 8.51. The van der Waals surface area contributed by atoms with Gasteiger partial charge in [-0.25, -0.2) is 0 Å². The quantitative estimate of drug-likeness (QED) is 0.753. The molecular formula is C11H8N2Se. The third kappa shape index (κ3) is 3.45. The number of benzene rings is 1. The molecule has 0 amide bonds. The second kappa shape index (κ2) is 6.00. The molecule has 0 saturated carbocycles. The van der Waals surface area contributed by atoms with Crippen molar-refractivity contribution in [3.63, 3.8) is 0 Å². The summed E-state index contributed by atoms with van der Waals surface area (Å²) in [4.78, 5) is 1.92. The van der Waals surface area contributed by atoms with Crippen LogP contribution in [0.4, 0.5) is 0 Å². The van der Waals surface area contributed by atoms with Crippen LogP contribution in [0.5, 0.6) is 0 Å². The van der Waals surface area contributed by atoms with Crippen LogP contribution in [0.15, 0.2) is 41.4 Å². The average molecular weight is 247 g/mol. The predicted octanol–water partition coefficient (Wildman–Crippen LogP) is 1.19. The van der Waals surface area contributed by atoms with Gasteiger partial charge in [0.15, 0.2) is 0 Å². The second-order valence-electron chi connectivity index (χ2n) is 2.50. The minimum absolute atomic E-state index is 0.215. The molecule has 68 valence electrons. The molecule has 1 rings (SSSR count). The zero-order valence-corrected chi connectivity index (χ0v) is 9.13. The van der Waals surface area contributed by atoms with Crippen molar-refractivity contribution in [1.82, 2.24) is 0 Å². The zero-order valence-electron chi connectivity index (χ0n) is 7.42. The Morgan fingerprint density at radius 2 is 1.79 bits per heavy atom. The Morgan fingerprint density at radius 1 is 1.14 bits per heavy atom. The van der Waals surface area contributed by atoms with Crippen LogP contribution in [0.2, 0.25) is 0 Å².